The molecule has 1 amide bonds. The third-order valence-electron chi connectivity index (χ3n) is 4.00. The molecule has 1 aromatic rings. The Morgan fingerprint density at radius 1 is 1.30 bits per heavy atom. The number of piperidine rings is 1. The van der Waals surface area contributed by atoms with Crippen LogP contribution in [-0.2, 0) is 16.0 Å². The van der Waals surface area contributed by atoms with Gasteiger partial charge in [-0.05, 0) is 30.9 Å². The van der Waals surface area contributed by atoms with Crippen LogP contribution in [-0.4, -0.2) is 40.2 Å². The van der Waals surface area contributed by atoms with Gasteiger partial charge in [0.15, 0.2) is 0 Å². The van der Waals surface area contributed by atoms with Crippen molar-refractivity contribution in [2.24, 2.45) is 5.92 Å². The van der Waals surface area contributed by atoms with E-state index in [2.05, 4.69) is 6.07 Å². The summed E-state index contributed by atoms with van der Waals surface area (Å²) in [6.07, 6.45) is 2.22. The first kappa shape index (κ1) is 13.5. The van der Waals surface area contributed by atoms with Crippen molar-refractivity contribution in [3.63, 3.8) is 0 Å². The van der Waals surface area contributed by atoms with E-state index < -0.39 is 11.9 Å². The van der Waals surface area contributed by atoms with Gasteiger partial charge in [-0.1, -0.05) is 18.2 Å². The lowest BCUT2D eigenvalue weighted by atomic mass is 9.97. The van der Waals surface area contributed by atoms with E-state index >= 15 is 0 Å². The number of amides is 1. The van der Waals surface area contributed by atoms with Crippen LogP contribution in [0.2, 0.25) is 0 Å². The number of nitrogens with zero attached hydrogens (tertiary/aromatic N) is 1. The molecule has 0 aromatic heterocycles. The lowest BCUT2D eigenvalue weighted by Gasteiger charge is -2.32. The van der Waals surface area contributed by atoms with Crippen molar-refractivity contribution in [3.8, 4) is 0 Å². The molecule has 2 unspecified atom stereocenters. The lowest BCUT2D eigenvalue weighted by Crippen LogP contribution is -2.45. The number of carboxylic acid groups (broad SMARTS) is 1. The molecule has 1 saturated heterocycles. The highest BCUT2D eigenvalue weighted by atomic mass is 32.2. The van der Waals surface area contributed by atoms with Crippen molar-refractivity contribution in [1.29, 1.82) is 0 Å². The van der Waals surface area contributed by atoms with E-state index in [1.54, 1.807) is 16.7 Å². The summed E-state index contributed by atoms with van der Waals surface area (Å²) in [5.41, 5.74) is 1.22. The molecule has 0 bridgehead atoms. The number of carbonyl (C=O) groups is 2. The molecule has 1 N–H and O–H groups in total. The minimum atomic E-state index is -0.787. The smallest absolute Gasteiger partial charge is 0.308 e. The summed E-state index contributed by atoms with van der Waals surface area (Å²) in [6.45, 7) is 1.05. The van der Waals surface area contributed by atoms with E-state index in [1.807, 2.05) is 18.2 Å². The van der Waals surface area contributed by atoms with Crippen molar-refractivity contribution in [2.75, 3.05) is 13.1 Å². The largest absolute Gasteiger partial charge is 0.481 e. The second-order valence-corrected chi connectivity index (χ2v) is 6.62. The number of hydrogen-bond acceptors (Lipinski definition) is 3. The number of fused-ring (bicyclic) bond motifs is 1. The van der Waals surface area contributed by atoms with Gasteiger partial charge in [0, 0.05) is 18.0 Å². The summed E-state index contributed by atoms with van der Waals surface area (Å²) in [4.78, 5) is 26.5. The molecule has 2 aliphatic heterocycles. The predicted molar refractivity (Wildman–Crippen MR) is 76.7 cm³/mol. The molecule has 2 aliphatic rings. The van der Waals surface area contributed by atoms with Crippen LogP contribution in [0.3, 0.4) is 0 Å². The van der Waals surface area contributed by atoms with Crippen LogP contribution >= 0.6 is 11.8 Å². The Bertz CT molecular complexity index is 521. The number of carboxylic acids is 1. The monoisotopic (exact) mass is 291 g/mol. The molecular weight excluding hydrogens is 274 g/mol. The fraction of sp³-hybridized carbons (Fsp3) is 0.467. The summed E-state index contributed by atoms with van der Waals surface area (Å²) in [5.74, 6) is -1.09. The van der Waals surface area contributed by atoms with Crippen molar-refractivity contribution in [2.45, 2.75) is 29.4 Å². The van der Waals surface area contributed by atoms with Gasteiger partial charge in [0.05, 0.1) is 11.2 Å². The minimum absolute atomic E-state index is 0.0834. The number of hydrogen-bond donors (Lipinski definition) is 1. The van der Waals surface area contributed by atoms with Gasteiger partial charge in [0.1, 0.15) is 0 Å². The van der Waals surface area contributed by atoms with E-state index in [1.165, 1.54) is 10.5 Å². The zero-order valence-corrected chi connectivity index (χ0v) is 11.9. The molecule has 0 radical (unpaired) electrons. The number of likely N-dealkylation sites (tertiary alicyclic amines) is 1. The molecule has 20 heavy (non-hydrogen) atoms. The minimum Gasteiger partial charge on any atom is -0.481 e. The lowest BCUT2D eigenvalue weighted by molar-refractivity contribution is -0.145. The molecular formula is C15H17NO3S. The Kier molecular flexibility index (Phi) is 3.70. The molecule has 0 spiro atoms. The van der Waals surface area contributed by atoms with Crippen molar-refractivity contribution >= 4 is 23.6 Å². The number of benzene rings is 1. The average molecular weight is 291 g/mol. The van der Waals surface area contributed by atoms with Crippen LogP contribution < -0.4 is 0 Å². The maximum absolute atomic E-state index is 12.5. The number of carbonyl (C=O) groups excluding carboxylic acids is 1. The quantitative estimate of drug-likeness (QED) is 0.906. The number of rotatable bonds is 2. The van der Waals surface area contributed by atoms with Gasteiger partial charge in [0.25, 0.3) is 0 Å². The van der Waals surface area contributed by atoms with E-state index in [9.17, 15) is 9.59 Å². The molecule has 2 heterocycles. The van der Waals surface area contributed by atoms with Crippen LogP contribution in [0.1, 0.15) is 18.4 Å². The van der Waals surface area contributed by atoms with Crippen LogP contribution in [0.4, 0.5) is 0 Å². The Morgan fingerprint density at radius 3 is 2.85 bits per heavy atom. The van der Waals surface area contributed by atoms with Crippen molar-refractivity contribution in [1.82, 2.24) is 4.90 Å². The summed E-state index contributed by atoms with van der Waals surface area (Å²) >= 11 is 1.61. The fourth-order valence-corrected chi connectivity index (χ4v) is 4.18. The molecule has 0 saturated carbocycles. The van der Waals surface area contributed by atoms with Gasteiger partial charge >= 0.3 is 5.97 Å². The Hall–Kier alpha value is -1.49. The Labute approximate surface area is 122 Å². The van der Waals surface area contributed by atoms with Crippen LogP contribution in [0, 0.1) is 5.92 Å². The second-order valence-electron chi connectivity index (χ2n) is 5.38. The van der Waals surface area contributed by atoms with Crippen LogP contribution in [0.5, 0.6) is 0 Å². The summed E-state index contributed by atoms with van der Waals surface area (Å²) in [7, 11) is 0. The average Bonchev–Trinajstić information content (AvgIpc) is 2.90. The summed E-state index contributed by atoms with van der Waals surface area (Å²) in [6, 6.07) is 8.09. The molecule has 2 atom stereocenters. The second kappa shape index (κ2) is 5.48. The molecule has 3 rings (SSSR count). The Morgan fingerprint density at radius 2 is 2.10 bits per heavy atom. The van der Waals surface area contributed by atoms with E-state index in [4.69, 9.17) is 5.11 Å². The molecule has 1 fully saturated rings. The van der Waals surface area contributed by atoms with Crippen LogP contribution in [0.15, 0.2) is 29.2 Å². The summed E-state index contributed by atoms with van der Waals surface area (Å²) < 4.78 is 0. The standard InChI is InChI=1S/C15H17NO3S/c17-14(16-7-3-5-11(9-16)15(18)19)13-8-10-4-1-2-6-12(10)20-13/h1-2,4,6,11,13H,3,5,7-9H2,(H,18,19). The fourth-order valence-electron chi connectivity index (χ4n) is 2.90. The predicted octanol–water partition coefficient (Wildman–Crippen LogP) is 2.03. The normalized spacial score (nSPS) is 25.3. The zero-order valence-electron chi connectivity index (χ0n) is 11.1. The molecule has 4 nitrogen and oxygen atoms in total. The summed E-state index contributed by atoms with van der Waals surface area (Å²) in [5, 5.41) is 9.02. The van der Waals surface area contributed by atoms with Crippen molar-refractivity contribution in [3.05, 3.63) is 29.8 Å². The first-order valence-electron chi connectivity index (χ1n) is 6.91. The van der Waals surface area contributed by atoms with E-state index in [0.717, 1.165) is 12.8 Å². The van der Waals surface area contributed by atoms with Gasteiger partial charge < -0.3 is 10.0 Å². The first-order valence-corrected chi connectivity index (χ1v) is 7.79. The van der Waals surface area contributed by atoms with Gasteiger partial charge in [0.2, 0.25) is 5.91 Å². The van der Waals surface area contributed by atoms with E-state index in [0.29, 0.717) is 19.5 Å². The highest BCUT2D eigenvalue weighted by Crippen LogP contribution is 2.38. The molecule has 5 heteroatoms. The molecule has 1 aromatic carbocycles. The highest BCUT2D eigenvalue weighted by molar-refractivity contribution is 8.01. The van der Waals surface area contributed by atoms with Gasteiger partial charge in [-0.2, -0.15) is 0 Å². The van der Waals surface area contributed by atoms with Gasteiger partial charge in [-0.25, -0.2) is 0 Å². The van der Waals surface area contributed by atoms with Gasteiger partial charge in [-0.3, -0.25) is 9.59 Å². The third kappa shape index (κ3) is 2.54. The maximum Gasteiger partial charge on any atom is 0.308 e. The third-order valence-corrected chi connectivity index (χ3v) is 5.31. The van der Waals surface area contributed by atoms with Crippen LogP contribution in [0.25, 0.3) is 0 Å². The Balaban J connectivity index is 1.67. The van der Waals surface area contributed by atoms with Crippen molar-refractivity contribution < 1.29 is 14.7 Å². The highest BCUT2D eigenvalue weighted by Gasteiger charge is 2.35. The topological polar surface area (TPSA) is 57.6 Å². The first-order chi connectivity index (χ1) is 9.65. The van der Waals surface area contributed by atoms with E-state index in [-0.39, 0.29) is 11.2 Å². The maximum atomic E-state index is 12.5. The SMILES string of the molecule is O=C(O)C1CCCN(C(=O)C2Cc3ccccc3S2)C1. The number of aliphatic carboxylic acids is 1. The zero-order chi connectivity index (χ0) is 14.1. The number of thioether (sulfide) groups is 1. The molecule has 0 aliphatic carbocycles. The molecule has 106 valence electrons. The van der Waals surface area contributed by atoms with Gasteiger partial charge in [-0.15, -0.1) is 11.8 Å².